The molecule has 0 heterocycles. The molecule has 0 saturated heterocycles. The highest BCUT2D eigenvalue weighted by Gasteiger charge is 2.30. The molecule has 0 saturated carbocycles. The summed E-state index contributed by atoms with van der Waals surface area (Å²) in [6.07, 6.45) is 0.415. The fraction of sp³-hybridized carbons (Fsp3) is 0.417. The molecular weight excluding hydrogens is 454 g/mol. The predicted octanol–water partition coefficient (Wildman–Crippen LogP) is 5.57. The molecule has 0 radical (unpaired) electrons. The van der Waals surface area contributed by atoms with Crippen molar-refractivity contribution in [3.05, 3.63) is 70.2 Å². The van der Waals surface area contributed by atoms with E-state index in [1.54, 1.807) is 18.2 Å². The standard InChI is InChI=1S/C24H29ClF2N2O2S/c1-5-21(23(31)28-24(2,3)4)29(13-16-9-11-17(26)12-10-16)22(30)15-32-14-18-19(25)7-6-8-20(18)27/h6-12,21H,5,13-15H2,1-4H3,(H,28,31)/t21-/m0/s1. The first-order valence-electron chi connectivity index (χ1n) is 10.4. The van der Waals surface area contributed by atoms with Crippen molar-refractivity contribution in [2.75, 3.05) is 5.75 Å². The third-order valence-corrected chi connectivity index (χ3v) is 5.98. The normalized spacial score (nSPS) is 12.3. The Morgan fingerprint density at radius 3 is 2.34 bits per heavy atom. The number of carbonyl (C=O) groups is 2. The summed E-state index contributed by atoms with van der Waals surface area (Å²) >= 11 is 7.30. The number of nitrogens with zero attached hydrogens (tertiary/aromatic N) is 1. The lowest BCUT2D eigenvalue weighted by Gasteiger charge is -2.33. The van der Waals surface area contributed by atoms with Crippen LogP contribution in [0, 0.1) is 11.6 Å². The quantitative estimate of drug-likeness (QED) is 0.508. The molecule has 8 heteroatoms. The minimum Gasteiger partial charge on any atom is -0.350 e. The summed E-state index contributed by atoms with van der Waals surface area (Å²) in [7, 11) is 0. The van der Waals surface area contributed by atoms with Gasteiger partial charge >= 0.3 is 0 Å². The van der Waals surface area contributed by atoms with Crippen molar-refractivity contribution in [3.8, 4) is 0 Å². The van der Waals surface area contributed by atoms with E-state index in [2.05, 4.69) is 5.32 Å². The molecule has 0 aliphatic heterocycles. The molecule has 0 fully saturated rings. The Bertz CT molecular complexity index is 912. The molecule has 1 N–H and O–H groups in total. The fourth-order valence-corrected chi connectivity index (χ4v) is 4.40. The Balaban J connectivity index is 2.18. The zero-order chi connectivity index (χ0) is 23.9. The van der Waals surface area contributed by atoms with Crippen LogP contribution in [0.2, 0.25) is 5.02 Å². The number of hydrogen-bond acceptors (Lipinski definition) is 3. The summed E-state index contributed by atoms with van der Waals surface area (Å²) < 4.78 is 27.3. The van der Waals surface area contributed by atoms with Crippen LogP contribution in [0.3, 0.4) is 0 Å². The number of carbonyl (C=O) groups excluding carboxylic acids is 2. The molecule has 4 nitrogen and oxygen atoms in total. The molecule has 2 rings (SSSR count). The minimum absolute atomic E-state index is 0.0468. The first-order valence-corrected chi connectivity index (χ1v) is 11.9. The number of hydrogen-bond donors (Lipinski definition) is 1. The van der Waals surface area contributed by atoms with Crippen LogP contribution in [-0.2, 0) is 21.9 Å². The van der Waals surface area contributed by atoms with E-state index in [-0.39, 0.29) is 35.7 Å². The van der Waals surface area contributed by atoms with Gasteiger partial charge in [-0.2, -0.15) is 0 Å². The van der Waals surface area contributed by atoms with Crippen molar-refractivity contribution in [1.29, 1.82) is 0 Å². The summed E-state index contributed by atoms with van der Waals surface area (Å²) in [4.78, 5) is 27.6. The van der Waals surface area contributed by atoms with Crippen LogP contribution in [0.15, 0.2) is 42.5 Å². The van der Waals surface area contributed by atoms with Gasteiger partial charge in [0, 0.05) is 28.4 Å². The molecule has 32 heavy (non-hydrogen) atoms. The molecule has 2 aromatic rings. The first kappa shape index (κ1) is 26.1. The van der Waals surface area contributed by atoms with E-state index >= 15 is 0 Å². The fourth-order valence-electron chi connectivity index (χ4n) is 3.15. The second-order valence-electron chi connectivity index (χ2n) is 8.50. The first-order chi connectivity index (χ1) is 15.0. The largest absolute Gasteiger partial charge is 0.350 e. The molecule has 0 bridgehead atoms. The van der Waals surface area contributed by atoms with E-state index in [0.717, 1.165) is 0 Å². The average molecular weight is 483 g/mol. The highest BCUT2D eigenvalue weighted by Crippen LogP contribution is 2.25. The molecule has 174 valence electrons. The predicted molar refractivity (Wildman–Crippen MR) is 126 cm³/mol. The number of halogens is 3. The number of rotatable bonds is 9. The second-order valence-corrected chi connectivity index (χ2v) is 9.90. The number of thioether (sulfide) groups is 1. The van der Waals surface area contributed by atoms with Gasteiger partial charge in [-0.05, 0) is 57.0 Å². The molecule has 0 spiro atoms. The maximum atomic E-state index is 14.0. The van der Waals surface area contributed by atoms with Gasteiger partial charge in [-0.3, -0.25) is 9.59 Å². The van der Waals surface area contributed by atoms with Crippen LogP contribution in [0.5, 0.6) is 0 Å². The van der Waals surface area contributed by atoms with E-state index in [9.17, 15) is 18.4 Å². The Morgan fingerprint density at radius 1 is 1.12 bits per heavy atom. The van der Waals surface area contributed by atoms with Crippen molar-refractivity contribution in [1.82, 2.24) is 10.2 Å². The van der Waals surface area contributed by atoms with Crippen molar-refractivity contribution in [2.45, 2.75) is 58.0 Å². The zero-order valence-electron chi connectivity index (χ0n) is 18.8. The SMILES string of the molecule is CC[C@@H](C(=O)NC(C)(C)C)N(Cc1ccc(F)cc1)C(=O)CSCc1c(F)cccc1Cl. The molecule has 0 aliphatic rings. The van der Waals surface area contributed by atoms with E-state index in [4.69, 9.17) is 11.6 Å². The molecule has 1 atom stereocenters. The van der Waals surface area contributed by atoms with Gasteiger partial charge in [0.25, 0.3) is 0 Å². The van der Waals surface area contributed by atoms with Crippen molar-refractivity contribution in [3.63, 3.8) is 0 Å². The lowest BCUT2D eigenvalue weighted by atomic mass is 10.1. The van der Waals surface area contributed by atoms with Gasteiger partial charge in [-0.15, -0.1) is 11.8 Å². The van der Waals surface area contributed by atoms with Gasteiger partial charge in [-0.25, -0.2) is 8.78 Å². The highest BCUT2D eigenvalue weighted by atomic mass is 35.5. The summed E-state index contributed by atoms with van der Waals surface area (Å²) in [5.74, 6) is -1.03. The van der Waals surface area contributed by atoms with Crippen LogP contribution in [0.4, 0.5) is 8.78 Å². The maximum Gasteiger partial charge on any atom is 0.243 e. The molecule has 0 aliphatic carbocycles. The molecular formula is C24H29ClF2N2O2S. The third-order valence-electron chi connectivity index (χ3n) is 4.68. The molecule has 2 aromatic carbocycles. The van der Waals surface area contributed by atoms with Crippen LogP contribution < -0.4 is 5.32 Å². The van der Waals surface area contributed by atoms with Crippen molar-refractivity contribution >= 4 is 35.2 Å². The minimum atomic E-state index is -0.690. The summed E-state index contributed by atoms with van der Waals surface area (Å²) in [5, 5.41) is 3.24. The van der Waals surface area contributed by atoms with Gasteiger partial charge < -0.3 is 10.2 Å². The number of nitrogens with one attached hydrogen (secondary N) is 1. The van der Waals surface area contributed by atoms with Gasteiger partial charge in [0.2, 0.25) is 11.8 Å². The third kappa shape index (κ3) is 7.78. The Morgan fingerprint density at radius 2 is 1.78 bits per heavy atom. The molecule has 0 aromatic heterocycles. The topological polar surface area (TPSA) is 49.4 Å². The monoisotopic (exact) mass is 482 g/mol. The highest BCUT2D eigenvalue weighted by molar-refractivity contribution is 7.99. The lowest BCUT2D eigenvalue weighted by molar-refractivity contribution is -0.140. The van der Waals surface area contributed by atoms with E-state index in [1.165, 1.54) is 40.9 Å². The smallest absolute Gasteiger partial charge is 0.243 e. The summed E-state index contributed by atoms with van der Waals surface area (Å²) in [6.45, 7) is 7.62. The van der Waals surface area contributed by atoms with Gasteiger partial charge in [0.05, 0.1) is 5.75 Å². The van der Waals surface area contributed by atoms with Crippen LogP contribution in [0.25, 0.3) is 0 Å². The van der Waals surface area contributed by atoms with Crippen LogP contribution >= 0.6 is 23.4 Å². The van der Waals surface area contributed by atoms with Crippen LogP contribution in [0.1, 0.15) is 45.2 Å². The van der Waals surface area contributed by atoms with Gasteiger partial charge in [-0.1, -0.05) is 36.7 Å². The summed E-state index contributed by atoms with van der Waals surface area (Å²) in [5.41, 5.74) is 0.601. The summed E-state index contributed by atoms with van der Waals surface area (Å²) in [6, 6.07) is 9.60. The number of amides is 2. The maximum absolute atomic E-state index is 14.0. The van der Waals surface area contributed by atoms with Crippen molar-refractivity contribution < 1.29 is 18.4 Å². The Hall–Kier alpha value is -2.12. The average Bonchev–Trinajstić information content (AvgIpc) is 2.70. The molecule has 2 amide bonds. The van der Waals surface area contributed by atoms with Crippen LogP contribution in [-0.4, -0.2) is 34.0 Å². The van der Waals surface area contributed by atoms with E-state index in [1.807, 2.05) is 27.7 Å². The van der Waals surface area contributed by atoms with Crippen molar-refractivity contribution in [2.24, 2.45) is 0 Å². The molecule has 0 unspecified atom stereocenters. The Kier molecular flexibility index (Phi) is 9.52. The van der Waals surface area contributed by atoms with Gasteiger partial charge in [0.15, 0.2) is 0 Å². The van der Waals surface area contributed by atoms with E-state index < -0.39 is 17.4 Å². The number of benzene rings is 2. The van der Waals surface area contributed by atoms with E-state index in [0.29, 0.717) is 22.6 Å². The lowest BCUT2D eigenvalue weighted by Crippen LogP contribution is -2.53. The second kappa shape index (κ2) is 11.7. The zero-order valence-corrected chi connectivity index (χ0v) is 20.3. The van der Waals surface area contributed by atoms with Gasteiger partial charge in [0.1, 0.15) is 17.7 Å². The Labute approximate surface area is 197 Å².